The van der Waals surface area contributed by atoms with Crippen molar-refractivity contribution in [3.05, 3.63) is 29.3 Å². The average Bonchev–Trinajstić information content (AvgIpc) is 2.05. The zero-order valence-electron chi connectivity index (χ0n) is 6.17. The summed E-state index contributed by atoms with van der Waals surface area (Å²) in [5, 5.41) is 7.34. The van der Waals surface area contributed by atoms with Gasteiger partial charge < -0.3 is 5.73 Å². The van der Waals surface area contributed by atoms with Crippen LogP contribution < -0.4 is 5.73 Å². The van der Waals surface area contributed by atoms with Crippen molar-refractivity contribution in [3.8, 4) is 0 Å². The quantitative estimate of drug-likeness (QED) is 0.374. The fourth-order valence-corrected chi connectivity index (χ4v) is 1.30. The van der Waals surface area contributed by atoms with Crippen LogP contribution in [-0.2, 0) is 0 Å². The van der Waals surface area contributed by atoms with Crippen LogP contribution in [0.1, 0.15) is 15.9 Å². The summed E-state index contributed by atoms with van der Waals surface area (Å²) in [6.45, 7) is 0. The number of hydrogen-bond acceptors (Lipinski definition) is 3. The van der Waals surface area contributed by atoms with Gasteiger partial charge >= 0.3 is 0 Å². The molecule has 0 aromatic heterocycles. The lowest BCUT2D eigenvalue weighted by Crippen LogP contribution is -1.98. The van der Waals surface area contributed by atoms with E-state index in [1.165, 1.54) is 0 Å². The average molecular weight is 274 g/mol. The number of carbonyl (C=O) groups excluding carboxylic acids is 1. The molecule has 1 aromatic carbocycles. The molecule has 1 aromatic rings. The van der Waals surface area contributed by atoms with Gasteiger partial charge in [0.1, 0.15) is 10.0 Å². The van der Waals surface area contributed by atoms with E-state index in [0.717, 1.165) is 6.29 Å². The first-order chi connectivity index (χ1) is 5.65. The van der Waals surface area contributed by atoms with E-state index in [-0.39, 0.29) is 0 Å². The van der Waals surface area contributed by atoms with Crippen molar-refractivity contribution >= 4 is 38.3 Å². The summed E-state index contributed by atoms with van der Waals surface area (Å²) in [5.41, 5.74) is 7.26. The molecular weight excluding hydrogens is 267 g/mol. The van der Waals surface area contributed by atoms with Gasteiger partial charge in [0, 0.05) is 16.8 Å². The minimum Gasteiger partial charge on any atom is -0.398 e. The third-order valence-electron chi connectivity index (χ3n) is 1.45. The van der Waals surface area contributed by atoms with Gasteiger partial charge in [-0.2, -0.15) is 0 Å². The Morgan fingerprint density at radius 3 is 2.75 bits per heavy atom. The molecule has 3 nitrogen and oxygen atoms in total. The highest BCUT2D eigenvalue weighted by molar-refractivity contribution is 14.1. The standard InChI is InChI=1S/C8H7IN2O/c9-8(11)6-3-5(4-12)1-2-7(6)10/h1-4,11H,10H2. The van der Waals surface area contributed by atoms with Gasteiger partial charge in [-0.05, 0) is 40.8 Å². The Hall–Kier alpha value is -0.910. The second kappa shape index (κ2) is 3.66. The number of halogens is 1. The predicted octanol–water partition coefficient (Wildman–Crippen LogP) is 1.84. The maximum absolute atomic E-state index is 10.4. The molecule has 1 rings (SSSR count). The Morgan fingerprint density at radius 2 is 2.25 bits per heavy atom. The number of hydrogen-bond donors (Lipinski definition) is 2. The number of benzene rings is 1. The van der Waals surface area contributed by atoms with Gasteiger partial charge in [-0.1, -0.05) is 0 Å². The van der Waals surface area contributed by atoms with Gasteiger partial charge in [-0.25, -0.2) is 0 Å². The highest BCUT2D eigenvalue weighted by Gasteiger charge is 2.02. The number of nitrogens with two attached hydrogens (primary N) is 1. The van der Waals surface area contributed by atoms with Crippen LogP contribution in [0.2, 0.25) is 0 Å². The van der Waals surface area contributed by atoms with Crippen molar-refractivity contribution in [2.45, 2.75) is 0 Å². The molecule has 0 unspecified atom stereocenters. The number of nitrogens with one attached hydrogen (secondary N) is 1. The molecule has 0 fully saturated rings. The number of anilines is 1. The molecule has 0 aliphatic heterocycles. The molecule has 0 radical (unpaired) electrons. The fraction of sp³-hybridized carbons (Fsp3) is 0. The second-order valence-electron chi connectivity index (χ2n) is 2.28. The van der Waals surface area contributed by atoms with E-state index in [1.54, 1.807) is 18.2 Å². The Balaban J connectivity index is 3.25. The molecule has 0 aliphatic rings. The van der Waals surface area contributed by atoms with Crippen molar-refractivity contribution in [3.63, 3.8) is 0 Å². The molecule has 0 spiro atoms. The Bertz CT molecular complexity index is 336. The minimum absolute atomic E-state index is 0.341. The molecule has 0 bridgehead atoms. The van der Waals surface area contributed by atoms with Crippen molar-refractivity contribution in [2.75, 3.05) is 5.73 Å². The van der Waals surface area contributed by atoms with E-state index in [1.807, 2.05) is 22.6 Å². The number of rotatable bonds is 2. The lowest BCUT2D eigenvalue weighted by molar-refractivity contribution is 0.112. The van der Waals surface area contributed by atoms with Crippen LogP contribution in [0.15, 0.2) is 18.2 Å². The molecular formula is C8H7IN2O. The summed E-state index contributed by atoms with van der Waals surface area (Å²) in [4.78, 5) is 10.4. The van der Waals surface area contributed by atoms with E-state index >= 15 is 0 Å². The third-order valence-corrected chi connectivity index (χ3v) is 2.03. The van der Waals surface area contributed by atoms with E-state index in [2.05, 4.69) is 0 Å². The monoisotopic (exact) mass is 274 g/mol. The zero-order valence-corrected chi connectivity index (χ0v) is 8.33. The van der Waals surface area contributed by atoms with Crippen LogP contribution in [0.3, 0.4) is 0 Å². The van der Waals surface area contributed by atoms with Gasteiger partial charge in [-0.15, -0.1) is 0 Å². The number of carbonyl (C=O) groups is 1. The molecule has 4 heteroatoms. The van der Waals surface area contributed by atoms with Crippen LogP contribution in [0, 0.1) is 5.41 Å². The summed E-state index contributed by atoms with van der Waals surface area (Å²) in [6.07, 6.45) is 0.739. The van der Waals surface area contributed by atoms with Crippen molar-refractivity contribution < 1.29 is 4.79 Å². The number of nitrogen functional groups attached to an aromatic ring is 1. The van der Waals surface area contributed by atoms with Crippen LogP contribution in [0.25, 0.3) is 0 Å². The Morgan fingerprint density at radius 1 is 1.58 bits per heavy atom. The summed E-state index contributed by atoms with van der Waals surface area (Å²) in [5.74, 6) is 0. The van der Waals surface area contributed by atoms with E-state index in [0.29, 0.717) is 20.5 Å². The Kier molecular flexibility index (Phi) is 2.80. The van der Waals surface area contributed by atoms with Crippen molar-refractivity contribution in [1.29, 1.82) is 5.41 Å². The van der Waals surface area contributed by atoms with E-state index in [9.17, 15) is 4.79 Å². The lowest BCUT2D eigenvalue weighted by Gasteiger charge is -2.01. The first-order valence-electron chi connectivity index (χ1n) is 3.24. The molecule has 0 atom stereocenters. The smallest absolute Gasteiger partial charge is 0.150 e. The molecule has 0 amide bonds. The lowest BCUT2D eigenvalue weighted by atomic mass is 10.1. The zero-order chi connectivity index (χ0) is 9.14. The molecule has 0 saturated heterocycles. The number of aldehydes is 1. The molecule has 0 heterocycles. The highest BCUT2D eigenvalue weighted by Crippen LogP contribution is 2.16. The van der Waals surface area contributed by atoms with Gasteiger partial charge in [0.25, 0.3) is 0 Å². The van der Waals surface area contributed by atoms with Gasteiger partial charge in [0.2, 0.25) is 0 Å². The van der Waals surface area contributed by atoms with Gasteiger partial charge in [-0.3, -0.25) is 10.2 Å². The molecule has 12 heavy (non-hydrogen) atoms. The highest BCUT2D eigenvalue weighted by atomic mass is 127. The van der Waals surface area contributed by atoms with Crippen LogP contribution in [0.5, 0.6) is 0 Å². The van der Waals surface area contributed by atoms with Crippen molar-refractivity contribution in [2.24, 2.45) is 0 Å². The largest absolute Gasteiger partial charge is 0.398 e. The SMILES string of the molecule is N=C(I)c1cc(C=O)ccc1N. The summed E-state index contributed by atoms with van der Waals surface area (Å²) >= 11 is 1.85. The van der Waals surface area contributed by atoms with E-state index < -0.39 is 0 Å². The van der Waals surface area contributed by atoms with Crippen LogP contribution in [0.4, 0.5) is 5.69 Å². The van der Waals surface area contributed by atoms with E-state index in [4.69, 9.17) is 11.1 Å². The first-order valence-corrected chi connectivity index (χ1v) is 4.32. The summed E-state index contributed by atoms with van der Waals surface area (Å²) in [6, 6.07) is 4.87. The maximum Gasteiger partial charge on any atom is 0.150 e. The third kappa shape index (κ3) is 1.82. The fourth-order valence-electron chi connectivity index (χ4n) is 0.837. The Labute approximate surface area is 83.6 Å². The molecule has 0 aliphatic carbocycles. The maximum atomic E-state index is 10.4. The van der Waals surface area contributed by atoms with Gasteiger partial charge in [0.05, 0.1) is 0 Å². The molecule has 62 valence electrons. The predicted molar refractivity (Wildman–Crippen MR) is 57.1 cm³/mol. The van der Waals surface area contributed by atoms with Gasteiger partial charge in [0.15, 0.2) is 0 Å². The van der Waals surface area contributed by atoms with Crippen LogP contribution in [-0.4, -0.2) is 10.0 Å². The first kappa shape index (κ1) is 9.18. The minimum atomic E-state index is 0.341. The molecule has 3 N–H and O–H groups in total. The van der Waals surface area contributed by atoms with Crippen molar-refractivity contribution in [1.82, 2.24) is 0 Å². The normalized spacial score (nSPS) is 9.42. The summed E-state index contributed by atoms with van der Waals surface area (Å²) in [7, 11) is 0. The second-order valence-corrected chi connectivity index (χ2v) is 3.36. The molecule has 0 saturated carbocycles. The van der Waals surface area contributed by atoms with Crippen LogP contribution >= 0.6 is 22.6 Å². The topological polar surface area (TPSA) is 66.9 Å². The summed E-state index contributed by atoms with van der Waals surface area (Å²) < 4.78 is 0.341.